The molecule has 2 saturated heterocycles. The van der Waals surface area contributed by atoms with E-state index < -0.39 is 5.54 Å². The number of nitrogens with one attached hydrogen (secondary N) is 3. The third kappa shape index (κ3) is 0.904. The Morgan fingerprint density at radius 1 is 1.23 bits per heavy atom. The number of imide groups is 1. The maximum Gasteiger partial charge on any atom is 0.322 e. The Labute approximate surface area is 76.3 Å². The highest BCUT2D eigenvalue weighted by molar-refractivity contribution is 6.08. The summed E-state index contributed by atoms with van der Waals surface area (Å²) in [6.45, 7) is 5.19. The summed E-state index contributed by atoms with van der Waals surface area (Å²) < 4.78 is 0. The molecule has 2 heterocycles. The first-order valence-corrected chi connectivity index (χ1v) is 4.32. The number of rotatable bonds is 0. The van der Waals surface area contributed by atoms with E-state index in [0.717, 1.165) is 6.54 Å². The summed E-state index contributed by atoms with van der Waals surface area (Å²) in [5.74, 6) is -0.215. The third-order valence-electron chi connectivity index (χ3n) is 3.05. The van der Waals surface area contributed by atoms with Gasteiger partial charge >= 0.3 is 6.03 Å². The van der Waals surface area contributed by atoms with Gasteiger partial charge in [-0.15, -0.1) is 0 Å². The first-order valence-electron chi connectivity index (χ1n) is 4.32. The van der Waals surface area contributed by atoms with Crippen molar-refractivity contribution in [2.45, 2.75) is 19.4 Å². The Morgan fingerprint density at radius 3 is 2.31 bits per heavy atom. The highest BCUT2D eigenvalue weighted by Crippen LogP contribution is 2.36. The zero-order chi connectivity index (χ0) is 9.69. The molecule has 0 aromatic heterocycles. The summed E-state index contributed by atoms with van der Waals surface area (Å²) in [5.41, 5.74) is -0.979. The van der Waals surface area contributed by atoms with Crippen LogP contribution in [0.4, 0.5) is 4.79 Å². The van der Waals surface area contributed by atoms with Crippen LogP contribution in [-0.4, -0.2) is 30.6 Å². The predicted molar refractivity (Wildman–Crippen MR) is 46.1 cm³/mol. The lowest BCUT2D eigenvalue weighted by molar-refractivity contribution is -0.126. The van der Waals surface area contributed by atoms with Crippen LogP contribution < -0.4 is 16.0 Å². The van der Waals surface area contributed by atoms with E-state index in [2.05, 4.69) is 16.0 Å². The minimum Gasteiger partial charge on any atom is -0.321 e. The number of urea groups is 1. The topological polar surface area (TPSA) is 70.2 Å². The molecule has 0 saturated carbocycles. The monoisotopic (exact) mass is 183 g/mol. The molecule has 0 bridgehead atoms. The molecule has 72 valence electrons. The second-order valence-corrected chi connectivity index (χ2v) is 4.30. The van der Waals surface area contributed by atoms with Crippen molar-refractivity contribution in [1.82, 2.24) is 16.0 Å². The average Bonchev–Trinajstić information content (AvgIpc) is 2.40. The summed E-state index contributed by atoms with van der Waals surface area (Å²) >= 11 is 0. The van der Waals surface area contributed by atoms with Crippen LogP contribution in [0.25, 0.3) is 0 Å². The lowest BCUT2D eigenvalue weighted by Gasteiger charge is -2.33. The van der Waals surface area contributed by atoms with Crippen LogP contribution in [-0.2, 0) is 4.79 Å². The second-order valence-electron chi connectivity index (χ2n) is 4.30. The number of carbonyl (C=O) groups excluding carboxylic acids is 2. The van der Waals surface area contributed by atoms with E-state index in [1.807, 2.05) is 13.8 Å². The van der Waals surface area contributed by atoms with Crippen LogP contribution in [0.5, 0.6) is 0 Å². The van der Waals surface area contributed by atoms with Crippen LogP contribution in [0, 0.1) is 5.41 Å². The molecule has 1 spiro atoms. The van der Waals surface area contributed by atoms with Crippen LogP contribution in [0.2, 0.25) is 0 Å². The van der Waals surface area contributed by atoms with Crippen LogP contribution in [0.1, 0.15) is 13.8 Å². The first kappa shape index (κ1) is 8.50. The number of hydrogen-bond acceptors (Lipinski definition) is 3. The van der Waals surface area contributed by atoms with Crippen LogP contribution in [0.15, 0.2) is 0 Å². The van der Waals surface area contributed by atoms with E-state index in [0.29, 0.717) is 6.54 Å². The average molecular weight is 183 g/mol. The molecule has 2 aliphatic heterocycles. The SMILES string of the molecule is CC1(C)CNCC12NC(=O)NC2=O. The third-order valence-corrected chi connectivity index (χ3v) is 3.05. The van der Waals surface area contributed by atoms with Crippen molar-refractivity contribution in [3.05, 3.63) is 0 Å². The normalized spacial score (nSPS) is 36.5. The van der Waals surface area contributed by atoms with Crippen LogP contribution in [0.3, 0.4) is 0 Å². The van der Waals surface area contributed by atoms with Crippen LogP contribution >= 0.6 is 0 Å². The second kappa shape index (κ2) is 2.23. The van der Waals surface area contributed by atoms with Gasteiger partial charge in [-0.1, -0.05) is 13.8 Å². The van der Waals surface area contributed by atoms with Gasteiger partial charge in [0.15, 0.2) is 0 Å². The molecule has 0 aromatic rings. The van der Waals surface area contributed by atoms with Gasteiger partial charge < -0.3 is 10.6 Å². The molecule has 13 heavy (non-hydrogen) atoms. The van der Waals surface area contributed by atoms with Gasteiger partial charge in [0.25, 0.3) is 5.91 Å². The molecule has 0 radical (unpaired) electrons. The van der Waals surface area contributed by atoms with Crippen molar-refractivity contribution >= 4 is 11.9 Å². The number of amides is 3. The molecule has 1 unspecified atom stereocenters. The minimum absolute atomic E-state index is 0.215. The lowest BCUT2D eigenvalue weighted by Crippen LogP contribution is -2.57. The molecule has 2 rings (SSSR count). The van der Waals surface area contributed by atoms with Gasteiger partial charge in [-0.3, -0.25) is 10.1 Å². The van der Waals surface area contributed by atoms with E-state index >= 15 is 0 Å². The number of hydrogen-bond donors (Lipinski definition) is 3. The summed E-state index contributed by atoms with van der Waals surface area (Å²) in [5, 5.41) is 8.10. The van der Waals surface area contributed by atoms with Crippen molar-refractivity contribution in [3.63, 3.8) is 0 Å². The van der Waals surface area contributed by atoms with Crippen molar-refractivity contribution in [3.8, 4) is 0 Å². The zero-order valence-electron chi connectivity index (χ0n) is 7.73. The molecule has 3 amide bonds. The van der Waals surface area contributed by atoms with Gasteiger partial charge in [0, 0.05) is 18.5 Å². The van der Waals surface area contributed by atoms with Gasteiger partial charge in [-0.05, 0) is 0 Å². The highest BCUT2D eigenvalue weighted by Gasteiger charge is 2.59. The first-order chi connectivity index (χ1) is 5.98. The van der Waals surface area contributed by atoms with Gasteiger partial charge in [0.05, 0.1) is 0 Å². The van der Waals surface area contributed by atoms with E-state index in [1.54, 1.807) is 0 Å². The zero-order valence-corrected chi connectivity index (χ0v) is 7.73. The molecule has 3 N–H and O–H groups in total. The molecule has 5 nitrogen and oxygen atoms in total. The van der Waals surface area contributed by atoms with Crippen molar-refractivity contribution in [1.29, 1.82) is 0 Å². The predicted octanol–water partition coefficient (Wildman–Crippen LogP) is -0.806. The van der Waals surface area contributed by atoms with Gasteiger partial charge in [0.2, 0.25) is 0 Å². The van der Waals surface area contributed by atoms with E-state index in [-0.39, 0.29) is 17.4 Å². The number of carbonyl (C=O) groups is 2. The van der Waals surface area contributed by atoms with E-state index in [1.165, 1.54) is 0 Å². The standard InChI is InChI=1S/C8H13N3O2/c1-7(2)3-9-4-8(7)5(12)10-6(13)11-8/h9H,3-4H2,1-2H3,(H2,10,11,12,13). The molecule has 0 aliphatic carbocycles. The quantitative estimate of drug-likeness (QED) is 0.430. The molecule has 2 fully saturated rings. The molecule has 5 heteroatoms. The summed E-state index contributed by atoms with van der Waals surface area (Å²) in [6, 6.07) is -0.387. The molecule has 0 aromatic carbocycles. The van der Waals surface area contributed by atoms with E-state index in [9.17, 15) is 9.59 Å². The Morgan fingerprint density at radius 2 is 1.92 bits per heavy atom. The Kier molecular flexibility index (Phi) is 1.46. The smallest absolute Gasteiger partial charge is 0.321 e. The van der Waals surface area contributed by atoms with E-state index in [4.69, 9.17) is 0 Å². The van der Waals surface area contributed by atoms with Crippen molar-refractivity contribution in [2.75, 3.05) is 13.1 Å². The van der Waals surface area contributed by atoms with Gasteiger partial charge in [-0.2, -0.15) is 0 Å². The van der Waals surface area contributed by atoms with Gasteiger partial charge in [-0.25, -0.2) is 4.79 Å². The largest absolute Gasteiger partial charge is 0.322 e. The Hall–Kier alpha value is -1.10. The minimum atomic E-state index is -0.746. The molecule has 2 aliphatic rings. The fourth-order valence-electron chi connectivity index (χ4n) is 2.05. The van der Waals surface area contributed by atoms with Crippen molar-refractivity contribution < 1.29 is 9.59 Å². The highest BCUT2D eigenvalue weighted by atomic mass is 16.2. The summed E-state index contributed by atoms with van der Waals surface area (Å²) in [4.78, 5) is 22.6. The summed E-state index contributed by atoms with van der Waals surface area (Å²) in [7, 11) is 0. The fraction of sp³-hybridized carbons (Fsp3) is 0.750. The van der Waals surface area contributed by atoms with Gasteiger partial charge in [0.1, 0.15) is 5.54 Å². The molecular formula is C8H13N3O2. The molecular weight excluding hydrogens is 170 g/mol. The Balaban J connectivity index is 2.40. The summed E-state index contributed by atoms with van der Waals surface area (Å²) in [6.07, 6.45) is 0. The Bertz CT molecular complexity index is 287. The fourth-order valence-corrected chi connectivity index (χ4v) is 2.05. The lowest BCUT2D eigenvalue weighted by atomic mass is 9.75. The maximum atomic E-state index is 11.6. The maximum absolute atomic E-state index is 11.6. The van der Waals surface area contributed by atoms with Crippen molar-refractivity contribution in [2.24, 2.45) is 5.41 Å². The molecule has 1 atom stereocenters.